The number of rotatable bonds is 3. The molecule has 5 rings (SSSR count). The first-order valence-corrected chi connectivity index (χ1v) is 8.20. The zero-order valence-electron chi connectivity index (χ0n) is 13.9. The number of imidazole rings is 1. The van der Waals surface area contributed by atoms with E-state index in [-0.39, 0.29) is 5.82 Å². The molecule has 4 heterocycles. The summed E-state index contributed by atoms with van der Waals surface area (Å²) in [5, 5.41) is 7.23. The van der Waals surface area contributed by atoms with Crippen LogP contribution in [0.5, 0.6) is 0 Å². The molecule has 4 aromatic heterocycles. The summed E-state index contributed by atoms with van der Waals surface area (Å²) < 4.78 is 14.2. The number of fused-ring (bicyclic) bond motifs is 1. The minimum absolute atomic E-state index is 0.297. The minimum atomic E-state index is -0.297. The van der Waals surface area contributed by atoms with Crippen molar-refractivity contribution in [3.63, 3.8) is 0 Å². The number of nitrogens with one attached hydrogen (secondary N) is 2. The Hall–Kier alpha value is -3.94. The van der Waals surface area contributed by atoms with Gasteiger partial charge >= 0.3 is 0 Å². The molecule has 0 bridgehead atoms. The number of aromatic amines is 2. The highest BCUT2D eigenvalue weighted by atomic mass is 19.1. The molecule has 0 radical (unpaired) electrons. The van der Waals surface area contributed by atoms with Gasteiger partial charge in [-0.3, -0.25) is 5.10 Å². The fourth-order valence-corrected chi connectivity index (χ4v) is 2.96. The molecule has 0 aliphatic rings. The van der Waals surface area contributed by atoms with Crippen molar-refractivity contribution in [1.82, 2.24) is 35.1 Å². The summed E-state index contributed by atoms with van der Waals surface area (Å²) in [5.74, 6) is 0.269. The molecule has 0 atom stereocenters. The van der Waals surface area contributed by atoms with E-state index in [2.05, 4.69) is 35.1 Å². The van der Waals surface area contributed by atoms with Crippen LogP contribution in [-0.4, -0.2) is 35.1 Å². The summed E-state index contributed by atoms with van der Waals surface area (Å²) in [7, 11) is 0. The first-order valence-electron chi connectivity index (χ1n) is 8.20. The molecular weight excluding hydrogens is 345 g/mol. The standard InChI is InChI=1S/C19H12FN7/c20-14-4-2-1-3-12(14)13-5-6-23-19-17(13)24-18(25-19)16-7-15(26-27-16)11-8-21-10-22-9-11/h1-10H,(H,26,27)(H,23,24,25). The Bertz CT molecular complexity index is 1240. The molecule has 7 nitrogen and oxygen atoms in total. The number of benzene rings is 1. The predicted octanol–water partition coefficient (Wildman–Crippen LogP) is 3.61. The van der Waals surface area contributed by atoms with Crippen LogP contribution < -0.4 is 0 Å². The number of H-pyrrole nitrogens is 2. The third kappa shape index (κ3) is 2.63. The lowest BCUT2D eigenvalue weighted by molar-refractivity contribution is 0.631. The normalized spacial score (nSPS) is 11.1. The average Bonchev–Trinajstić information content (AvgIpc) is 3.36. The first kappa shape index (κ1) is 15.3. The molecule has 2 N–H and O–H groups in total. The third-order valence-electron chi connectivity index (χ3n) is 4.25. The van der Waals surface area contributed by atoms with Gasteiger partial charge in [0.2, 0.25) is 0 Å². The minimum Gasteiger partial charge on any atom is -0.335 e. The van der Waals surface area contributed by atoms with E-state index in [1.807, 2.05) is 6.07 Å². The van der Waals surface area contributed by atoms with Crippen LogP contribution >= 0.6 is 0 Å². The number of aromatic nitrogens is 7. The van der Waals surface area contributed by atoms with Crippen molar-refractivity contribution in [3.05, 3.63) is 67.1 Å². The lowest BCUT2D eigenvalue weighted by Crippen LogP contribution is -1.86. The summed E-state index contributed by atoms with van der Waals surface area (Å²) in [6, 6.07) is 10.2. The molecule has 0 unspecified atom stereocenters. The van der Waals surface area contributed by atoms with Crippen LogP contribution in [0.4, 0.5) is 4.39 Å². The average molecular weight is 357 g/mol. The lowest BCUT2D eigenvalue weighted by atomic mass is 10.1. The van der Waals surface area contributed by atoms with E-state index < -0.39 is 0 Å². The second kappa shape index (κ2) is 6.10. The Morgan fingerprint density at radius 2 is 1.81 bits per heavy atom. The van der Waals surface area contributed by atoms with E-state index >= 15 is 0 Å². The number of hydrogen-bond acceptors (Lipinski definition) is 5. The smallest absolute Gasteiger partial charge is 0.178 e. The van der Waals surface area contributed by atoms with Crippen LogP contribution in [0.15, 0.2) is 61.3 Å². The van der Waals surface area contributed by atoms with Gasteiger partial charge in [0.05, 0.1) is 11.2 Å². The van der Waals surface area contributed by atoms with Gasteiger partial charge in [-0.2, -0.15) is 5.10 Å². The highest BCUT2D eigenvalue weighted by Gasteiger charge is 2.15. The highest BCUT2D eigenvalue weighted by molar-refractivity contribution is 5.91. The van der Waals surface area contributed by atoms with E-state index in [1.165, 1.54) is 12.4 Å². The van der Waals surface area contributed by atoms with Gasteiger partial charge in [-0.1, -0.05) is 18.2 Å². The summed E-state index contributed by atoms with van der Waals surface area (Å²) in [5.41, 5.74) is 4.54. The summed E-state index contributed by atoms with van der Waals surface area (Å²) in [4.78, 5) is 20.0. The molecule has 0 spiro atoms. The van der Waals surface area contributed by atoms with Gasteiger partial charge in [-0.05, 0) is 18.2 Å². The Kier molecular flexibility index (Phi) is 3.46. The van der Waals surface area contributed by atoms with E-state index in [9.17, 15) is 4.39 Å². The molecule has 1 aromatic carbocycles. The number of halogens is 1. The van der Waals surface area contributed by atoms with Crippen molar-refractivity contribution in [2.24, 2.45) is 0 Å². The van der Waals surface area contributed by atoms with Gasteiger partial charge in [-0.25, -0.2) is 24.3 Å². The number of hydrogen-bond donors (Lipinski definition) is 2. The van der Waals surface area contributed by atoms with Crippen molar-refractivity contribution in [3.8, 4) is 33.9 Å². The first-order chi connectivity index (χ1) is 13.3. The predicted molar refractivity (Wildman–Crippen MR) is 97.9 cm³/mol. The fraction of sp³-hybridized carbons (Fsp3) is 0. The molecule has 130 valence electrons. The molecular formula is C19H12FN7. The second-order valence-corrected chi connectivity index (χ2v) is 5.92. The van der Waals surface area contributed by atoms with Gasteiger partial charge in [0.15, 0.2) is 11.5 Å². The Morgan fingerprint density at radius 3 is 2.67 bits per heavy atom. The fourth-order valence-electron chi connectivity index (χ4n) is 2.96. The largest absolute Gasteiger partial charge is 0.335 e. The van der Waals surface area contributed by atoms with E-state index in [0.29, 0.717) is 39.5 Å². The van der Waals surface area contributed by atoms with Gasteiger partial charge in [0, 0.05) is 35.3 Å². The van der Waals surface area contributed by atoms with Crippen LogP contribution in [0.25, 0.3) is 45.1 Å². The van der Waals surface area contributed by atoms with Gasteiger partial charge in [-0.15, -0.1) is 0 Å². The summed E-state index contributed by atoms with van der Waals surface area (Å²) in [6.07, 6.45) is 6.45. The maximum Gasteiger partial charge on any atom is 0.178 e. The quantitative estimate of drug-likeness (QED) is 0.514. The van der Waals surface area contributed by atoms with Crippen LogP contribution in [0.3, 0.4) is 0 Å². The second-order valence-electron chi connectivity index (χ2n) is 5.92. The Balaban J connectivity index is 1.61. The molecule has 8 heteroatoms. The van der Waals surface area contributed by atoms with Crippen molar-refractivity contribution in [2.75, 3.05) is 0 Å². The Morgan fingerprint density at radius 1 is 0.963 bits per heavy atom. The summed E-state index contributed by atoms with van der Waals surface area (Å²) >= 11 is 0. The molecule has 0 amide bonds. The molecule has 27 heavy (non-hydrogen) atoms. The third-order valence-corrected chi connectivity index (χ3v) is 4.25. The van der Waals surface area contributed by atoms with Crippen molar-refractivity contribution < 1.29 is 4.39 Å². The Labute approximate surface area is 152 Å². The van der Waals surface area contributed by atoms with Crippen molar-refractivity contribution in [2.45, 2.75) is 0 Å². The number of pyridine rings is 1. The van der Waals surface area contributed by atoms with E-state index in [0.717, 1.165) is 5.56 Å². The SMILES string of the molecule is Fc1ccccc1-c1ccnc2nc(-c3cc(-c4cncnc4)n[nH]3)[nH]c12. The molecule has 0 fully saturated rings. The zero-order chi connectivity index (χ0) is 18.2. The van der Waals surface area contributed by atoms with E-state index in [1.54, 1.807) is 42.9 Å². The van der Waals surface area contributed by atoms with Crippen LogP contribution in [0.2, 0.25) is 0 Å². The molecule has 5 aromatic rings. The highest BCUT2D eigenvalue weighted by Crippen LogP contribution is 2.30. The lowest BCUT2D eigenvalue weighted by Gasteiger charge is -2.03. The van der Waals surface area contributed by atoms with Crippen LogP contribution in [-0.2, 0) is 0 Å². The molecule has 0 saturated carbocycles. The monoisotopic (exact) mass is 357 g/mol. The molecule has 0 aliphatic carbocycles. The van der Waals surface area contributed by atoms with Crippen LogP contribution in [0.1, 0.15) is 0 Å². The van der Waals surface area contributed by atoms with Gasteiger partial charge in [0.25, 0.3) is 0 Å². The maximum atomic E-state index is 14.2. The molecule has 0 aliphatic heterocycles. The van der Waals surface area contributed by atoms with Crippen LogP contribution in [0, 0.1) is 5.82 Å². The molecule has 0 saturated heterocycles. The van der Waals surface area contributed by atoms with Gasteiger partial charge in [0.1, 0.15) is 17.8 Å². The topological polar surface area (TPSA) is 96.0 Å². The summed E-state index contributed by atoms with van der Waals surface area (Å²) in [6.45, 7) is 0. The van der Waals surface area contributed by atoms with Crippen molar-refractivity contribution >= 4 is 11.2 Å². The van der Waals surface area contributed by atoms with E-state index in [4.69, 9.17) is 0 Å². The van der Waals surface area contributed by atoms with Gasteiger partial charge < -0.3 is 4.98 Å². The van der Waals surface area contributed by atoms with Crippen molar-refractivity contribution in [1.29, 1.82) is 0 Å². The zero-order valence-corrected chi connectivity index (χ0v) is 13.9. The number of nitrogens with zero attached hydrogens (tertiary/aromatic N) is 5. The maximum absolute atomic E-state index is 14.2.